The molecule has 0 unspecified atom stereocenters. The lowest BCUT2D eigenvalue weighted by molar-refractivity contribution is -0.139. The zero-order chi connectivity index (χ0) is 16.3. The quantitative estimate of drug-likeness (QED) is 0.821. The predicted octanol–water partition coefficient (Wildman–Crippen LogP) is 1.27. The normalized spacial score (nSPS) is 19.9. The number of halogens is 1. The molecule has 6 heteroatoms. The van der Waals surface area contributed by atoms with Crippen LogP contribution in [-0.2, 0) is 19.7 Å². The Morgan fingerprint density at radius 2 is 1.78 bits per heavy atom. The molecule has 124 valence electrons. The van der Waals surface area contributed by atoms with Gasteiger partial charge in [-0.15, -0.1) is 0 Å². The van der Waals surface area contributed by atoms with E-state index in [0.29, 0.717) is 19.8 Å². The molecule has 2 aliphatic rings. The highest BCUT2D eigenvalue weighted by atomic mass is 19.1. The minimum absolute atomic E-state index is 0.155. The second kappa shape index (κ2) is 6.66. The second-order valence-corrected chi connectivity index (χ2v) is 6.33. The number of carbonyl (C=O) groups excluding carboxylic acids is 2. The summed E-state index contributed by atoms with van der Waals surface area (Å²) in [6, 6.07) is 6.50. The molecule has 1 aromatic carbocycles. The maximum absolute atomic E-state index is 13.2. The molecular formula is C17H21FN2O3. The molecule has 1 aromatic rings. The molecule has 2 amide bonds. The Bertz CT molecular complexity index is 578. The lowest BCUT2D eigenvalue weighted by Gasteiger charge is -2.37. The minimum Gasteiger partial charge on any atom is -0.381 e. The zero-order valence-corrected chi connectivity index (χ0v) is 12.9. The van der Waals surface area contributed by atoms with Crippen LogP contribution in [0.4, 0.5) is 4.39 Å². The van der Waals surface area contributed by atoms with Gasteiger partial charge in [-0.3, -0.25) is 9.59 Å². The van der Waals surface area contributed by atoms with Crippen molar-refractivity contribution in [2.75, 3.05) is 19.8 Å². The van der Waals surface area contributed by atoms with E-state index >= 15 is 0 Å². The number of hydrogen-bond donors (Lipinski definition) is 2. The first kappa shape index (κ1) is 15.9. The van der Waals surface area contributed by atoms with Crippen molar-refractivity contribution in [3.63, 3.8) is 0 Å². The van der Waals surface area contributed by atoms with Gasteiger partial charge in [0.15, 0.2) is 0 Å². The monoisotopic (exact) mass is 320 g/mol. The topological polar surface area (TPSA) is 67.4 Å². The van der Waals surface area contributed by atoms with Gasteiger partial charge in [-0.1, -0.05) is 12.1 Å². The SMILES string of the molecule is O=C(NCC1(c2ccc(F)cc2)CCOCC1)C(=O)NC1CC1. The van der Waals surface area contributed by atoms with Crippen molar-refractivity contribution in [1.29, 1.82) is 0 Å². The van der Waals surface area contributed by atoms with E-state index in [2.05, 4.69) is 10.6 Å². The molecule has 0 bridgehead atoms. The van der Waals surface area contributed by atoms with E-state index in [1.807, 2.05) is 0 Å². The molecule has 2 N–H and O–H groups in total. The third-order valence-electron chi connectivity index (χ3n) is 4.61. The average Bonchev–Trinajstić information content (AvgIpc) is 3.38. The third-order valence-corrected chi connectivity index (χ3v) is 4.61. The first-order valence-electron chi connectivity index (χ1n) is 8.02. The molecule has 1 heterocycles. The van der Waals surface area contributed by atoms with Crippen LogP contribution in [0.2, 0.25) is 0 Å². The van der Waals surface area contributed by atoms with Crippen molar-refractivity contribution in [2.45, 2.75) is 37.1 Å². The fraction of sp³-hybridized carbons (Fsp3) is 0.529. The molecule has 0 aromatic heterocycles. The van der Waals surface area contributed by atoms with Crippen LogP contribution >= 0.6 is 0 Å². The largest absolute Gasteiger partial charge is 0.381 e. The van der Waals surface area contributed by atoms with Gasteiger partial charge in [0.25, 0.3) is 0 Å². The van der Waals surface area contributed by atoms with Crippen LogP contribution in [-0.4, -0.2) is 37.6 Å². The van der Waals surface area contributed by atoms with Gasteiger partial charge < -0.3 is 15.4 Å². The molecule has 0 radical (unpaired) electrons. The molecular weight excluding hydrogens is 299 g/mol. The first-order chi connectivity index (χ1) is 11.1. The predicted molar refractivity (Wildman–Crippen MR) is 82.3 cm³/mol. The van der Waals surface area contributed by atoms with E-state index in [4.69, 9.17) is 4.74 Å². The molecule has 1 aliphatic heterocycles. The minimum atomic E-state index is -0.607. The maximum Gasteiger partial charge on any atom is 0.309 e. The fourth-order valence-corrected chi connectivity index (χ4v) is 2.94. The zero-order valence-electron chi connectivity index (χ0n) is 12.9. The summed E-state index contributed by atoms with van der Waals surface area (Å²) in [5.41, 5.74) is 0.645. The Morgan fingerprint density at radius 3 is 2.39 bits per heavy atom. The standard InChI is InChI=1S/C17H21FN2O3/c18-13-3-1-12(2-4-13)17(7-9-23-10-8-17)11-19-15(21)16(22)20-14-5-6-14/h1-4,14H,5-11H2,(H,19,21)(H,20,22). The molecule has 1 saturated carbocycles. The second-order valence-electron chi connectivity index (χ2n) is 6.33. The van der Waals surface area contributed by atoms with Gasteiger partial charge in [0.05, 0.1) is 0 Å². The van der Waals surface area contributed by atoms with Crippen LogP contribution < -0.4 is 10.6 Å². The van der Waals surface area contributed by atoms with Crippen molar-refractivity contribution in [3.8, 4) is 0 Å². The fourth-order valence-electron chi connectivity index (χ4n) is 2.94. The molecule has 0 spiro atoms. The summed E-state index contributed by atoms with van der Waals surface area (Å²) in [4.78, 5) is 23.7. The molecule has 23 heavy (non-hydrogen) atoms. The molecule has 0 atom stereocenters. The molecule has 1 saturated heterocycles. The summed E-state index contributed by atoms with van der Waals surface area (Å²) >= 11 is 0. The summed E-state index contributed by atoms with van der Waals surface area (Å²) in [5.74, 6) is -1.47. The lowest BCUT2D eigenvalue weighted by atomic mass is 9.74. The number of hydrogen-bond acceptors (Lipinski definition) is 3. The Labute approximate surface area is 134 Å². The van der Waals surface area contributed by atoms with Crippen molar-refractivity contribution in [1.82, 2.24) is 10.6 Å². The van der Waals surface area contributed by atoms with Crippen LogP contribution in [0.5, 0.6) is 0 Å². The Kier molecular flexibility index (Phi) is 4.61. The molecule has 3 rings (SSSR count). The number of amides is 2. The van der Waals surface area contributed by atoms with Crippen LogP contribution in [0.1, 0.15) is 31.2 Å². The molecule has 2 fully saturated rings. The van der Waals surface area contributed by atoms with E-state index in [1.54, 1.807) is 12.1 Å². The summed E-state index contributed by atoms with van der Waals surface area (Å²) in [7, 11) is 0. The van der Waals surface area contributed by atoms with Gasteiger partial charge in [0.1, 0.15) is 5.82 Å². The molecule has 1 aliphatic carbocycles. The van der Waals surface area contributed by atoms with E-state index in [0.717, 1.165) is 31.2 Å². The highest BCUT2D eigenvalue weighted by molar-refractivity contribution is 6.35. The number of benzene rings is 1. The smallest absolute Gasteiger partial charge is 0.309 e. The van der Waals surface area contributed by atoms with Crippen molar-refractivity contribution < 1.29 is 18.7 Å². The maximum atomic E-state index is 13.2. The van der Waals surface area contributed by atoms with Crippen LogP contribution in [0.25, 0.3) is 0 Å². The van der Waals surface area contributed by atoms with Gasteiger partial charge in [-0.25, -0.2) is 4.39 Å². The van der Waals surface area contributed by atoms with E-state index in [9.17, 15) is 14.0 Å². The summed E-state index contributed by atoms with van der Waals surface area (Å²) in [5, 5.41) is 5.41. The van der Waals surface area contributed by atoms with E-state index < -0.39 is 11.8 Å². The van der Waals surface area contributed by atoms with Gasteiger partial charge in [-0.2, -0.15) is 0 Å². The Morgan fingerprint density at radius 1 is 1.13 bits per heavy atom. The van der Waals surface area contributed by atoms with E-state index in [-0.39, 0.29) is 17.3 Å². The Hall–Kier alpha value is -1.95. The summed E-state index contributed by atoms with van der Waals surface area (Å²) in [6.07, 6.45) is 3.33. The highest BCUT2D eigenvalue weighted by Gasteiger charge is 2.36. The van der Waals surface area contributed by atoms with Gasteiger partial charge in [0.2, 0.25) is 0 Å². The average molecular weight is 320 g/mol. The summed E-state index contributed by atoms with van der Waals surface area (Å²) < 4.78 is 18.6. The number of ether oxygens (including phenoxy) is 1. The highest BCUT2D eigenvalue weighted by Crippen LogP contribution is 2.34. The van der Waals surface area contributed by atoms with Gasteiger partial charge in [0, 0.05) is 31.2 Å². The van der Waals surface area contributed by atoms with Crippen molar-refractivity contribution in [2.24, 2.45) is 0 Å². The number of nitrogens with one attached hydrogen (secondary N) is 2. The van der Waals surface area contributed by atoms with Gasteiger partial charge >= 0.3 is 11.8 Å². The van der Waals surface area contributed by atoms with Crippen LogP contribution in [0.15, 0.2) is 24.3 Å². The van der Waals surface area contributed by atoms with Crippen molar-refractivity contribution >= 4 is 11.8 Å². The van der Waals surface area contributed by atoms with Crippen LogP contribution in [0, 0.1) is 5.82 Å². The number of rotatable bonds is 4. The van der Waals surface area contributed by atoms with Gasteiger partial charge in [-0.05, 0) is 43.4 Å². The van der Waals surface area contributed by atoms with Crippen molar-refractivity contribution in [3.05, 3.63) is 35.6 Å². The van der Waals surface area contributed by atoms with E-state index in [1.165, 1.54) is 12.1 Å². The first-order valence-corrected chi connectivity index (χ1v) is 8.02. The summed E-state index contributed by atoms with van der Waals surface area (Å²) in [6.45, 7) is 1.52. The van der Waals surface area contributed by atoms with Crippen LogP contribution in [0.3, 0.4) is 0 Å². The molecule has 5 nitrogen and oxygen atoms in total. The third kappa shape index (κ3) is 3.88. The number of carbonyl (C=O) groups is 2. The Balaban J connectivity index is 1.67. The lowest BCUT2D eigenvalue weighted by Crippen LogP contribution is -2.48.